The maximum atomic E-state index is 11.7. The molecule has 0 saturated carbocycles. The van der Waals surface area contributed by atoms with Gasteiger partial charge in [0.15, 0.2) is 11.8 Å². The topological polar surface area (TPSA) is 105 Å². The number of methoxy groups -OCH3 is 4. The van der Waals surface area contributed by atoms with Crippen molar-refractivity contribution in [2.75, 3.05) is 28.4 Å². The number of rotatable bonds is 10. The van der Waals surface area contributed by atoms with Crippen LogP contribution < -0.4 is 0 Å². The van der Waals surface area contributed by atoms with E-state index in [4.69, 9.17) is 0 Å². The Hall–Kier alpha value is -4.20. The molecule has 0 aromatic heterocycles. The fourth-order valence-corrected chi connectivity index (χ4v) is 3.26. The lowest BCUT2D eigenvalue weighted by molar-refractivity contribution is -0.160. The lowest BCUT2D eigenvalue weighted by atomic mass is 9.86. The van der Waals surface area contributed by atoms with Gasteiger partial charge in [0.25, 0.3) is 0 Å². The van der Waals surface area contributed by atoms with Crippen LogP contribution in [0.15, 0.2) is 79.4 Å². The number of carbonyl (C=O) groups is 4. The Balaban J connectivity index is 0. The SMILES string of the molecule is C.C.C=CC(c1ccccc1)C(C(=O)OC)C(=O)OC.COC(=O)C(C/C=C/c1ccccc1)C(=O)OC. The van der Waals surface area contributed by atoms with Crippen molar-refractivity contribution >= 4 is 30.0 Å². The largest absolute Gasteiger partial charge is 0.468 e. The molecule has 2 aromatic carbocycles. The van der Waals surface area contributed by atoms with Crippen LogP contribution in [0, 0.1) is 11.8 Å². The molecule has 208 valence electrons. The second kappa shape index (κ2) is 19.9. The summed E-state index contributed by atoms with van der Waals surface area (Å²) in [5.41, 5.74) is 1.82. The Bertz CT molecular complexity index is 983. The van der Waals surface area contributed by atoms with Crippen molar-refractivity contribution in [3.8, 4) is 0 Å². The van der Waals surface area contributed by atoms with Gasteiger partial charge in [0.2, 0.25) is 0 Å². The van der Waals surface area contributed by atoms with Crippen LogP contribution in [-0.4, -0.2) is 52.3 Å². The molecule has 0 fully saturated rings. The molecule has 0 N–H and O–H groups in total. The molecule has 0 saturated heterocycles. The summed E-state index contributed by atoms with van der Waals surface area (Å²) in [5, 5.41) is 0. The third-order valence-corrected chi connectivity index (χ3v) is 5.16. The predicted molar refractivity (Wildman–Crippen MR) is 148 cm³/mol. The van der Waals surface area contributed by atoms with Crippen LogP contribution in [-0.2, 0) is 38.1 Å². The molecule has 38 heavy (non-hydrogen) atoms. The van der Waals surface area contributed by atoms with E-state index in [0.717, 1.165) is 11.1 Å². The first kappa shape index (κ1) is 36.0. The van der Waals surface area contributed by atoms with E-state index >= 15 is 0 Å². The van der Waals surface area contributed by atoms with Crippen molar-refractivity contribution in [1.29, 1.82) is 0 Å². The fraction of sp³-hybridized carbons (Fsp3) is 0.333. The van der Waals surface area contributed by atoms with Crippen LogP contribution in [0.25, 0.3) is 6.08 Å². The molecule has 0 aliphatic heterocycles. The van der Waals surface area contributed by atoms with Crippen molar-refractivity contribution in [3.63, 3.8) is 0 Å². The summed E-state index contributed by atoms with van der Waals surface area (Å²) in [5.74, 6) is -4.82. The van der Waals surface area contributed by atoms with E-state index in [-0.39, 0.29) is 21.3 Å². The molecule has 1 atom stereocenters. The number of benzene rings is 2. The Kier molecular flexibility index (Phi) is 18.9. The third kappa shape index (κ3) is 11.2. The highest BCUT2D eigenvalue weighted by Crippen LogP contribution is 2.28. The number of allylic oxidation sites excluding steroid dienone is 2. The van der Waals surface area contributed by atoms with Gasteiger partial charge < -0.3 is 18.9 Å². The van der Waals surface area contributed by atoms with Crippen molar-refractivity contribution in [1.82, 2.24) is 0 Å². The molecule has 0 radical (unpaired) electrons. The van der Waals surface area contributed by atoms with E-state index in [0.29, 0.717) is 0 Å². The number of carbonyl (C=O) groups excluding carboxylic acids is 4. The molecule has 0 heterocycles. The lowest BCUT2D eigenvalue weighted by Gasteiger charge is -2.20. The highest BCUT2D eigenvalue weighted by Gasteiger charge is 2.36. The molecule has 2 rings (SSSR count). The minimum absolute atomic E-state index is 0. The number of hydrogen-bond donors (Lipinski definition) is 0. The zero-order chi connectivity index (χ0) is 26.9. The monoisotopic (exact) mass is 528 g/mol. The van der Waals surface area contributed by atoms with Gasteiger partial charge in [-0.05, 0) is 17.5 Å². The number of hydrogen-bond acceptors (Lipinski definition) is 8. The summed E-state index contributed by atoms with van der Waals surface area (Å²) in [6, 6.07) is 18.8. The van der Waals surface area contributed by atoms with Gasteiger partial charge >= 0.3 is 23.9 Å². The minimum atomic E-state index is -1.03. The van der Waals surface area contributed by atoms with Gasteiger partial charge in [-0.25, -0.2) is 0 Å². The Labute approximate surface area is 226 Å². The van der Waals surface area contributed by atoms with E-state index < -0.39 is 41.6 Å². The van der Waals surface area contributed by atoms with Crippen molar-refractivity contribution in [3.05, 3.63) is 90.5 Å². The van der Waals surface area contributed by atoms with E-state index in [2.05, 4.69) is 25.5 Å². The second-order valence-electron chi connectivity index (χ2n) is 7.34. The molecule has 0 bridgehead atoms. The van der Waals surface area contributed by atoms with Crippen LogP contribution in [0.5, 0.6) is 0 Å². The molecular formula is C30H40O8. The van der Waals surface area contributed by atoms with Crippen LogP contribution in [0.3, 0.4) is 0 Å². The first-order chi connectivity index (χ1) is 17.3. The third-order valence-electron chi connectivity index (χ3n) is 5.16. The summed E-state index contributed by atoms with van der Waals surface area (Å²) in [6.07, 6.45) is 5.41. The second-order valence-corrected chi connectivity index (χ2v) is 7.34. The zero-order valence-electron chi connectivity index (χ0n) is 20.9. The average Bonchev–Trinajstić information content (AvgIpc) is 2.93. The Morgan fingerprint density at radius 1 is 0.711 bits per heavy atom. The van der Waals surface area contributed by atoms with Gasteiger partial charge in [0.05, 0.1) is 28.4 Å². The maximum absolute atomic E-state index is 11.7. The lowest BCUT2D eigenvalue weighted by Crippen LogP contribution is -2.31. The van der Waals surface area contributed by atoms with Gasteiger partial charge in [0.1, 0.15) is 0 Å². The van der Waals surface area contributed by atoms with Gasteiger partial charge in [-0.3, -0.25) is 19.2 Å². The van der Waals surface area contributed by atoms with Crippen LogP contribution >= 0.6 is 0 Å². The summed E-state index contributed by atoms with van der Waals surface area (Å²) in [4.78, 5) is 46.2. The fourth-order valence-electron chi connectivity index (χ4n) is 3.26. The van der Waals surface area contributed by atoms with E-state index in [1.54, 1.807) is 12.2 Å². The molecule has 1 unspecified atom stereocenters. The maximum Gasteiger partial charge on any atom is 0.321 e. The standard InChI is InChI=1S/2C14H16O4.2CH4/c1-17-13(15)12(14(16)18-2)10-6-9-11-7-4-3-5-8-11;1-4-11(10-8-6-5-7-9-10)12(13(15)17-2)14(16)18-3;;/h3-9,12H,10H2,1-2H3;4-9,11-12H,1H2,2-3H3;2*1H4/b9-6+;;;. The van der Waals surface area contributed by atoms with E-state index in [1.165, 1.54) is 28.4 Å². The van der Waals surface area contributed by atoms with Gasteiger partial charge in [0, 0.05) is 5.92 Å². The van der Waals surface area contributed by atoms with Gasteiger partial charge in [-0.15, -0.1) is 6.58 Å². The molecule has 0 aliphatic carbocycles. The zero-order valence-corrected chi connectivity index (χ0v) is 20.9. The molecule has 0 aliphatic rings. The van der Waals surface area contributed by atoms with Crippen molar-refractivity contribution in [2.45, 2.75) is 27.2 Å². The van der Waals surface area contributed by atoms with Crippen molar-refractivity contribution < 1.29 is 38.1 Å². The molecule has 8 nitrogen and oxygen atoms in total. The van der Waals surface area contributed by atoms with Crippen molar-refractivity contribution in [2.24, 2.45) is 11.8 Å². The highest BCUT2D eigenvalue weighted by atomic mass is 16.5. The first-order valence-electron chi connectivity index (χ1n) is 11.0. The average molecular weight is 529 g/mol. The first-order valence-corrected chi connectivity index (χ1v) is 11.0. The smallest absolute Gasteiger partial charge is 0.321 e. The van der Waals surface area contributed by atoms with Crippen LogP contribution in [0.1, 0.15) is 38.3 Å². The molecule has 0 spiro atoms. The highest BCUT2D eigenvalue weighted by molar-refractivity contribution is 5.96. The van der Waals surface area contributed by atoms with E-state index in [1.807, 2.05) is 66.7 Å². The Morgan fingerprint density at radius 3 is 1.53 bits per heavy atom. The summed E-state index contributed by atoms with van der Waals surface area (Å²) in [7, 11) is 4.98. The summed E-state index contributed by atoms with van der Waals surface area (Å²) >= 11 is 0. The van der Waals surface area contributed by atoms with Crippen LogP contribution in [0.2, 0.25) is 0 Å². The summed E-state index contributed by atoms with van der Waals surface area (Å²) < 4.78 is 18.4. The number of ether oxygens (including phenoxy) is 4. The minimum Gasteiger partial charge on any atom is -0.468 e. The number of esters is 4. The predicted octanol–water partition coefficient (Wildman–Crippen LogP) is 5.24. The molecule has 2 aromatic rings. The molecule has 0 amide bonds. The Morgan fingerprint density at radius 2 is 1.13 bits per heavy atom. The molecular weight excluding hydrogens is 488 g/mol. The quantitative estimate of drug-likeness (QED) is 0.178. The van der Waals surface area contributed by atoms with Gasteiger partial charge in [-0.2, -0.15) is 0 Å². The summed E-state index contributed by atoms with van der Waals surface area (Å²) in [6.45, 7) is 3.68. The molecule has 8 heteroatoms. The van der Waals surface area contributed by atoms with Gasteiger partial charge in [-0.1, -0.05) is 93.7 Å². The van der Waals surface area contributed by atoms with E-state index in [9.17, 15) is 19.2 Å². The normalized spacial score (nSPS) is 10.6. The van der Waals surface area contributed by atoms with Crippen LogP contribution in [0.4, 0.5) is 0 Å².